The fourth-order valence-corrected chi connectivity index (χ4v) is 4.58. The summed E-state index contributed by atoms with van der Waals surface area (Å²) in [5, 5.41) is -0.480. The predicted octanol–water partition coefficient (Wildman–Crippen LogP) is 3.35. The smallest absolute Gasteiger partial charge is 0.435 e. The van der Waals surface area contributed by atoms with Crippen molar-refractivity contribution in [3.8, 4) is 0 Å². The van der Waals surface area contributed by atoms with Gasteiger partial charge in [0, 0.05) is 39.3 Å². The van der Waals surface area contributed by atoms with Gasteiger partial charge >= 0.3 is 12.3 Å². The second-order valence-corrected chi connectivity index (χ2v) is 10.8. The van der Waals surface area contributed by atoms with E-state index < -0.39 is 22.5 Å². The maximum absolute atomic E-state index is 13.3. The zero-order valence-corrected chi connectivity index (χ0v) is 21.5. The van der Waals surface area contributed by atoms with Crippen molar-refractivity contribution in [2.24, 2.45) is 0 Å². The molecular formula is C21H29ClF3N5O4S. The molecule has 35 heavy (non-hydrogen) atoms. The normalized spacial score (nSPS) is 23.9. The zero-order valence-electron chi connectivity index (χ0n) is 20.0. The number of anilines is 1. The van der Waals surface area contributed by atoms with Crippen LogP contribution in [-0.4, -0.2) is 102 Å². The largest absolute Gasteiger partial charge is 0.444 e. The Bertz CT molecular complexity index is 937. The number of alkyl halides is 3. The summed E-state index contributed by atoms with van der Waals surface area (Å²) >= 11 is 7.01. The van der Waals surface area contributed by atoms with Crippen LogP contribution in [0, 0.1) is 0 Å². The molecule has 196 valence electrons. The first-order valence-electron chi connectivity index (χ1n) is 11.3. The molecule has 14 heteroatoms. The number of amides is 1. The third-order valence-corrected chi connectivity index (χ3v) is 6.69. The number of carbonyl (C=O) groups excluding carboxylic acids is 1. The van der Waals surface area contributed by atoms with Gasteiger partial charge in [0.15, 0.2) is 16.7 Å². The second-order valence-electron chi connectivity index (χ2n) is 9.62. The summed E-state index contributed by atoms with van der Waals surface area (Å²) in [4.78, 5) is 25.4. The molecule has 0 spiro atoms. The van der Waals surface area contributed by atoms with Crippen molar-refractivity contribution in [3.05, 3.63) is 10.7 Å². The highest BCUT2D eigenvalue weighted by Gasteiger charge is 2.46. The van der Waals surface area contributed by atoms with Gasteiger partial charge in [-0.15, -0.1) is 0 Å². The van der Waals surface area contributed by atoms with Crippen molar-refractivity contribution in [3.63, 3.8) is 0 Å². The van der Waals surface area contributed by atoms with E-state index in [-0.39, 0.29) is 35.5 Å². The topological polar surface area (TPSA) is 83.6 Å². The molecule has 2 unspecified atom stereocenters. The van der Waals surface area contributed by atoms with Gasteiger partial charge in [-0.05, 0) is 27.0 Å². The molecule has 0 radical (unpaired) electrons. The van der Waals surface area contributed by atoms with Crippen molar-refractivity contribution in [2.45, 2.75) is 56.1 Å². The Labute approximate surface area is 211 Å². The molecule has 1 aromatic rings. The van der Waals surface area contributed by atoms with Crippen LogP contribution < -0.4 is 4.90 Å². The van der Waals surface area contributed by atoms with Crippen LogP contribution in [0.15, 0.2) is 5.16 Å². The molecule has 0 bridgehead atoms. The Morgan fingerprint density at radius 2 is 1.83 bits per heavy atom. The molecule has 1 aromatic heterocycles. The minimum atomic E-state index is -4.66. The van der Waals surface area contributed by atoms with Crippen LogP contribution in [0.4, 0.5) is 23.8 Å². The molecule has 4 rings (SSSR count). The minimum Gasteiger partial charge on any atom is -0.444 e. The van der Waals surface area contributed by atoms with E-state index in [1.807, 2.05) is 20.8 Å². The number of rotatable bonds is 6. The third kappa shape index (κ3) is 6.43. The molecule has 3 aliphatic rings. The standard InChI is InChI=1S/C21H29ClF3N5O4S/c1-20(2,3)34-19(31)29-7-5-28(6-8-29)17-13(33-17)11-32-12-9-30(10-12)16-14(22)15(21(23,24)25)26-18(27-16)35-4/h12-13,17H,5-11H2,1-4H3. The fraction of sp³-hybridized carbons (Fsp3) is 0.762. The van der Waals surface area contributed by atoms with Gasteiger partial charge in [-0.3, -0.25) is 4.90 Å². The molecule has 3 fully saturated rings. The van der Waals surface area contributed by atoms with Crippen molar-refractivity contribution >= 4 is 35.3 Å². The number of hydrogen-bond acceptors (Lipinski definition) is 9. The Kier molecular flexibility index (Phi) is 7.64. The molecular weight excluding hydrogens is 511 g/mol. The molecule has 4 heterocycles. The highest BCUT2D eigenvalue weighted by molar-refractivity contribution is 7.98. The molecule has 0 N–H and O–H groups in total. The van der Waals surface area contributed by atoms with Gasteiger partial charge in [-0.1, -0.05) is 23.4 Å². The van der Waals surface area contributed by atoms with Crippen LogP contribution in [0.1, 0.15) is 26.5 Å². The molecule has 0 aromatic carbocycles. The average Bonchev–Trinajstić information content (AvgIpc) is 3.51. The highest BCUT2D eigenvalue weighted by Crippen LogP contribution is 2.40. The Morgan fingerprint density at radius 3 is 2.40 bits per heavy atom. The first kappa shape index (κ1) is 26.5. The minimum absolute atomic E-state index is 0.0158. The predicted molar refractivity (Wildman–Crippen MR) is 124 cm³/mol. The van der Waals surface area contributed by atoms with Crippen LogP contribution in [-0.2, 0) is 20.4 Å². The fourth-order valence-electron chi connectivity index (χ4n) is 3.91. The molecule has 1 amide bonds. The number of hydrogen-bond donors (Lipinski definition) is 0. The molecule has 3 aliphatic heterocycles. The molecule has 2 atom stereocenters. The second kappa shape index (κ2) is 10.1. The number of carbonyl (C=O) groups is 1. The lowest BCUT2D eigenvalue weighted by Crippen LogP contribution is -2.53. The van der Waals surface area contributed by atoms with E-state index in [2.05, 4.69) is 14.9 Å². The van der Waals surface area contributed by atoms with E-state index in [0.29, 0.717) is 45.9 Å². The summed E-state index contributed by atoms with van der Waals surface area (Å²) in [5.41, 5.74) is -1.65. The molecule has 9 nitrogen and oxygen atoms in total. The third-order valence-electron chi connectivity index (χ3n) is 5.79. The summed E-state index contributed by atoms with van der Waals surface area (Å²) in [7, 11) is 0. The Morgan fingerprint density at radius 1 is 1.17 bits per heavy atom. The van der Waals surface area contributed by atoms with Crippen LogP contribution in [0.2, 0.25) is 5.02 Å². The summed E-state index contributed by atoms with van der Waals surface area (Å²) in [6.07, 6.45) is -3.63. The number of epoxide rings is 1. The summed E-state index contributed by atoms with van der Waals surface area (Å²) < 4.78 is 56.9. The lowest BCUT2D eigenvalue weighted by molar-refractivity contribution is -0.141. The number of piperazine rings is 1. The number of thioether (sulfide) groups is 1. The van der Waals surface area contributed by atoms with Gasteiger partial charge in [0.2, 0.25) is 0 Å². The zero-order chi connectivity index (χ0) is 25.5. The van der Waals surface area contributed by atoms with Crippen LogP contribution in [0.5, 0.6) is 0 Å². The maximum Gasteiger partial charge on any atom is 0.435 e. The molecule has 0 aliphatic carbocycles. The van der Waals surface area contributed by atoms with Crippen LogP contribution in [0.3, 0.4) is 0 Å². The van der Waals surface area contributed by atoms with Gasteiger partial charge in [0.05, 0.1) is 12.7 Å². The van der Waals surface area contributed by atoms with E-state index in [1.54, 1.807) is 16.1 Å². The van der Waals surface area contributed by atoms with E-state index in [0.717, 1.165) is 11.8 Å². The van der Waals surface area contributed by atoms with Gasteiger partial charge in [-0.25, -0.2) is 14.8 Å². The number of halogens is 4. The van der Waals surface area contributed by atoms with Crippen molar-refractivity contribution in [1.82, 2.24) is 19.8 Å². The lowest BCUT2D eigenvalue weighted by Gasteiger charge is -2.40. The van der Waals surface area contributed by atoms with Gasteiger partial charge < -0.3 is 24.0 Å². The van der Waals surface area contributed by atoms with Gasteiger partial charge in [-0.2, -0.15) is 13.2 Å². The van der Waals surface area contributed by atoms with Crippen molar-refractivity contribution in [1.29, 1.82) is 0 Å². The van der Waals surface area contributed by atoms with E-state index in [4.69, 9.17) is 25.8 Å². The number of aromatic nitrogens is 2. The first-order chi connectivity index (χ1) is 16.4. The van der Waals surface area contributed by atoms with Gasteiger partial charge in [0.25, 0.3) is 0 Å². The van der Waals surface area contributed by atoms with Crippen molar-refractivity contribution in [2.75, 3.05) is 57.0 Å². The number of ether oxygens (including phenoxy) is 3. The summed E-state index contributed by atoms with van der Waals surface area (Å²) in [6, 6.07) is 0. The first-order valence-corrected chi connectivity index (χ1v) is 12.9. The SMILES string of the molecule is CSc1nc(N2CC(OCC3OC3N3CCN(C(=O)OC(C)(C)C)CC3)C2)c(Cl)c(C(F)(F)F)n1. The van der Waals surface area contributed by atoms with Gasteiger partial charge in [0.1, 0.15) is 23.0 Å². The van der Waals surface area contributed by atoms with E-state index in [1.165, 1.54) is 0 Å². The lowest BCUT2D eigenvalue weighted by atomic mass is 10.1. The average molecular weight is 540 g/mol. The maximum atomic E-state index is 13.3. The van der Waals surface area contributed by atoms with Crippen LogP contribution in [0.25, 0.3) is 0 Å². The van der Waals surface area contributed by atoms with E-state index >= 15 is 0 Å². The number of nitrogens with zero attached hydrogens (tertiary/aromatic N) is 5. The Balaban J connectivity index is 1.20. The summed E-state index contributed by atoms with van der Waals surface area (Å²) in [5.74, 6) is 0.0709. The van der Waals surface area contributed by atoms with E-state index in [9.17, 15) is 18.0 Å². The summed E-state index contributed by atoms with van der Waals surface area (Å²) in [6.45, 7) is 9.18. The molecule has 3 saturated heterocycles. The van der Waals surface area contributed by atoms with Crippen molar-refractivity contribution < 1.29 is 32.2 Å². The molecule has 0 saturated carbocycles. The Hall–Kier alpha value is -1.54. The monoisotopic (exact) mass is 539 g/mol. The quantitative estimate of drug-likeness (QED) is 0.307. The van der Waals surface area contributed by atoms with Crippen LogP contribution >= 0.6 is 23.4 Å². The highest BCUT2D eigenvalue weighted by atomic mass is 35.5.